The van der Waals surface area contributed by atoms with E-state index < -0.39 is 6.09 Å². The molecule has 1 rings (SSSR count). The highest BCUT2D eigenvalue weighted by Crippen LogP contribution is 1.96. The number of nitrogens with one attached hydrogen (secondary N) is 1. The lowest BCUT2D eigenvalue weighted by Gasteiger charge is -2.02. The van der Waals surface area contributed by atoms with Crippen LogP contribution in [0.1, 0.15) is 11.6 Å². The molecule has 0 radical (unpaired) electrons. The van der Waals surface area contributed by atoms with Gasteiger partial charge in [0.2, 0.25) is 0 Å². The Morgan fingerprint density at radius 3 is 2.77 bits per heavy atom. The third-order valence-corrected chi connectivity index (χ3v) is 1.76. The van der Waals surface area contributed by atoms with Crippen LogP contribution < -0.4 is 5.32 Å². The molecule has 0 unspecified atom stereocenters. The Morgan fingerprint density at radius 2 is 2.31 bits per heavy atom. The smallest absolute Gasteiger partial charge is 0.407 e. The van der Waals surface area contributed by atoms with Crippen LogP contribution in [0.25, 0.3) is 0 Å². The van der Waals surface area contributed by atoms with Crippen molar-refractivity contribution in [1.29, 1.82) is 0 Å². The SMILES string of the molecule is COC(=O)NCc1nnc(C)n1C. The molecule has 0 aromatic carbocycles. The topological polar surface area (TPSA) is 69.0 Å². The van der Waals surface area contributed by atoms with Crippen molar-refractivity contribution in [1.82, 2.24) is 20.1 Å². The number of rotatable bonds is 2. The molecule has 1 heterocycles. The molecule has 1 N–H and O–H groups in total. The van der Waals surface area contributed by atoms with Crippen molar-refractivity contribution in [2.45, 2.75) is 13.5 Å². The normalized spacial score (nSPS) is 9.77. The maximum atomic E-state index is 10.7. The zero-order chi connectivity index (χ0) is 9.84. The van der Waals surface area contributed by atoms with Gasteiger partial charge in [0.05, 0.1) is 13.7 Å². The zero-order valence-corrected chi connectivity index (χ0v) is 7.87. The van der Waals surface area contributed by atoms with Crippen molar-refractivity contribution in [3.05, 3.63) is 11.6 Å². The van der Waals surface area contributed by atoms with Crippen LogP contribution in [0, 0.1) is 6.92 Å². The Labute approximate surface area is 75.9 Å². The number of aromatic nitrogens is 3. The Kier molecular flexibility index (Phi) is 2.84. The van der Waals surface area contributed by atoms with Crippen molar-refractivity contribution in [3.63, 3.8) is 0 Å². The first-order chi connectivity index (χ1) is 6.15. The van der Waals surface area contributed by atoms with E-state index in [9.17, 15) is 4.79 Å². The summed E-state index contributed by atoms with van der Waals surface area (Å²) >= 11 is 0. The predicted octanol–water partition coefficient (Wildman–Crippen LogP) is -0.0205. The molecular formula is C7H12N4O2. The first kappa shape index (κ1) is 9.50. The molecule has 0 spiro atoms. The molecule has 13 heavy (non-hydrogen) atoms. The van der Waals surface area contributed by atoms with Crippen molar-refractivity contribution < 1.29 is 9.53 Å². The lowest BCUT2D eigenvalue weighted by molar-refractivity contribution is 0.170. The van der Waals surface area contributed by atoms with Gasteiger partial charge in [-0.25, -0.2) is 4.79 Å². The van der Waals surface area contributed by atoms with Crippen LogP contribution in [0.3, 0.4) is 0 Å². The maximum Gasteiger partial charge on any atom is 0.407 e. The number of alkyl carbamates (subject to hydrolysis) is 1. The van der Waals surface area contributed by atoms with Gasteiger partial charge in [-0.15, -0.1) is 10.2 Å². The van der Waals surface area contributed by atoms with Crippen LogP contribution >= 0.6 is 0 Å². The van der Waals surface area contributed by atoms with E-state index >= 15 is 0 Å². The molecule has 0 bridgehead atoms. The summed E-state index contributed by atoms with van der Waals surface area (Å²) in [6.07, 6.45) is -0.472. The van der Waals surface area contributed by atoms with Gasteiger partial charge in [-0.05, 0) is 6.92 Å². The predicted molar refractivity (Wildman–Crippen MR) is 45.0 cm³/mol. The summed E-state index contributed by atoms with van der Waals surface area (Å²) in [5, 5.41) is 10.2. The molecule has 0 aliphatic heterocycles. The van der Waals surface area contributed by atoms with Crippen LogP contribution in [0.2, 0.25) is 0 Å². The standard InChI is InChI=1S/C7H12N4O2/c1-5-9-10-6(11(5)2)4-8-7(12)13-3/h4H2,1-3H3,(H,8,12). The van der Waals surface area contributed by atoms with E-state index in [0.717, 1.165) is 5.82 Å². The minimum Gasteiger partial charge on any atom is -0.453 e. The average Bonchev–Trinajstić information content (AvgIpc) is 2.44. The van der Waals surface area contributed by atoms with Gasteiger partial charge >= 0.3 is 6.09 Å². The van der Waals surface area contributed by atoms with Crippen molar-refractivity contribution in [2.75, 3.05) is 7.11 Å². The summed E-state index contributed by atoms with van der Waals surface area (Å²) in [6.45, 7) is 2.17. The van der Waals surface area contributed by atoms with Gasteiger partial charge in [-0.1, -0.05) is 0 Å². The first-order valence-corrected chi connectivity index (χ1v) is 3.82. The fraction of sp³-hybridized carbons (Fsp3) is 0.571. The summed E-state index contributed by atoms with van der Waals surface area (Å²) in [5.41, 5.74) is 0. The highest BCUT2D eigenvalue weighted by molar-refractivity contribution is 5.66. The lowest BCUT2D eigenvalue weighted by atomic mass is 10.5. The number of amides is 1. The van der Waals surface area contributed by atoms with E-state index in [0.29, 0.717) is 12.4 Å². The Balaban J connectivity index is 2.55. The molecule has 0 aliphatic carbocycles. The van der Waals surface area contributed by atoms with Gasteiger partial charge in [-0.2, -0.15) is 0 Å². The second-order valence-electron chi connectivity index (χ2n) is 2.57. The molecule has 0 atom stereocenters. The quantitative estimate of drug-likeness (QED) is 0.701. The first-order valence-electron chi connectivity index (χ1n) is 3.82. The van der Waals surface area contributed by atoms with E-state index in [1.165, 1.54) is 7.11 Å². The molecule has 0 saturated heterocycles. The number of ether oxygens (including phenoxy) is 1. The van der Waals surface area contributed by atoms with E-state index in [1.807, 2.05) is 14.0 Å². The van der Waals surface area contributed by atoms with E-state index in [1.54, 1.807) is 4.57 Å². The minimum absolute atomic E-state index is 0.323. The number of nitrogens with zero attached hydrogens (tertiary/aromatic N) is 3. The molecule has 1 aromatic rings. The van der Waals surface area contributed by atoms with Crippen molar-refractivity contribution in [2.24, 2.45) is 7.05 Å². The third-order valence-electron chi connectivity index (χ3n) is 1.76. The largest absolute Gasteiger partial charge is 0.453 e. The van der Waals surface area contributed by atoms with Crippen LogP contribution in [0.5, 0.6) is 0 Å². The van der Waals surface area contributed by atoms with Crippen LogP contribution in [0.15, 0.2) is 0 Å². The third kappa shape index (κ3) is 2.17. The second kappa shape index (κ2) is 3.88. The fourth-order valence-electron chi connectivity index (χ4n) is 0.828. The number of hydrogen-bond acceptors (Lipinski definition) is 4. The molecule has 1 amide bonds. The molecule has 1 aromatic heterocycles. The van der Waals surface area contributed by atoms with E-state index in [-0.39, 0.29) is 0 Å². The highest BCUT2D eigenvalue weighted by atomic mass is 16.5. The Bertz CT molecular complexity index is 307. The van der Waals surface area contributed by atoms with Gasteiger partial charge in [0.1, 0.15) is 5.82 Å². The summed E-state index contributed by atoms with van der Waals surface area (Å²) < 4.78 is 6.21. The molecule has 0 aliphatic rings. The second-order valence-corrected chi connectivity index (χ2v) is 2.57. The lowest BCUT2D eigenvalue weighted by Crippen LogP contribution is -2.24. The van der Waals surface area contributed by atoms with Crippen LogP contribution in [-0.2, 0) is 18.3 Å². The molecular weight excluding hydrogens is 172 g/mol. The summed E-state index contributed by atoms with van der Waals surface area (Å²) in [6, 6.07) is 0. The molecule has 6 heteroatoms. The average molecular weight is 184 g/mol. The van der Waals surface area contributed by atoms with Crippen LogP contribution in [-0.4, -0.2) is 28.0 Å². The monoisotopic (exact) mass is 184 g/mol. The van der Waals surface area contributed by atoms with E-state index in [4.69, 9.17) is 0 Å². The summed E-state index contributed by atoms with van der Waals surface area (Å²) in [4.78, 5) is 10.7. The zero-order valence-electron chi connectivity index (χ0n) is 7.87. The molecule has 0 saturated carbocycles. The van der Waals surface area contributed by atoms with E-state index in [2.05, 4.69) is 20.3 Å². The van der Waals surface area contributed by atoms with Crippen molar-refractivity contribution in [3.8, 4) is 0 Å². The van der Waals surface area contributed by atoms with Gasteiger partial charge < -0.3 is 14.6 Å². The number of aryl methyl sites for hydroxylation is 1. The minimum atomic E-state index is -0.472. The highest BCUT2D eigenvalue weighted by Gasteiger charge is 2.05. The van der Waals surface area contributed by atoms with Gasteiger partial charge in [0.15, 0.2) is 5.82 Å². The number of carbonyl (C=O) groups excluding carboxylic acids is 1. The summed E-state index contributed by atoms with van der Waals surface area (Å²) in [5.74, 6) is 1.50. The summed E-state index contributed by atoms with van der Waals surface area (Å²) in [7, 11) is 3.15. The van der Waals surface area contributed by atoms with Gasteiger partial charge in [0.25, 0.3) is 0 Å². The Morgan fingerprint density at radius 1 is 1.62 bits per heavy atom. The van der Waals surface area contributed by atoms with Gasteiger partial charge in [0, 0.05) is 7.05 Å². The number of carbonyl (C=O) groups is 1. The van der Waals surface area contributed by atoms with Crippen LogP contribution in [0.4, 0.5) is 4.79 Å². The molecule has 0 fully saturated rings. The number of hydrogen-bond donors (Lipinski definition) is 1. The Hall–Kier alpha value is -1.59. The van der Waals surface area contributed by atoms with Crippen molar-refractivity contribution >= 4 is 6.09 Å². The molecule has 6 nitrogen and oxygen atoms in total. The fourth-order valence-corrected chi connectivity index (χ4v) is 0.828. The van der Waals surface area contributed by atoms with Gasteiger partial charge in [-0.3, -0.25) is 0 Å². The number of methoxy groups -OCH3 is 1. The maximum absolute atomic E-state index is 10.7. The molecule has 72 valence electrons.